The lowest BCUT2D eigenvalue weighted by molar-refractivity contribution is 0.256. The first-order valence-electron chi connectivity index (χ1n) is 10.9. The number of aromatic nitrogens is 2. The van der Waals surface area contributed by atoms with Gasteiger partial charge >= 0.3 is 6.03 Å². The van der Waals surface area contributed by atoms with Gasteiger partial charge < -0.3 is 15.4 Å². The zero-order chi connectivity index (χ0) is 21.6. The number of carbonyl (C=O) groups excluding carboxylic acids is 1. The van der Waals surface area contributed by atoms with Gasteiger partial charge in [-0.2, -0.15) is 5.10 Å². The molecule has 0 bridgehead atoms. The van der Waals surface area contributed by atoms with Gasteiger partial charge in [0.15, 0.2) is 9.92 Å². The van der Waals surface area contributed by atoms with E-state index in [2.05, 4.69) is 26.5 Å². The summed E-state index contributed by atoms with van der Waals surface area (Å²) in [5, 5.41) is 10.3. The largest absolute Gasteiger partial charge is 0.475 e. The molecule has 2 aliphatic carbocycles. The van der Waals surface area contributed by atoms with Gasteiger partial charge in [-0.05, 0) is 74.2 Å². The maximum absolute atomic E-state index is 13.2. The number of nitrogens with one attached hydrogen (secondary N) is 4. The number of hydrogen-bond donors (Lipinski definition) is 4. The van der Waals surface area contributed by atoms with Crippen LogP contribution in [-0.2, 0) is 42.1 Å². The number of benzene rings is 1. The van der Waals surface area contributed by atoms with Crippen LogP contribution in [0.4, 0.5) is 10.5 Å². The predicted molar refractivity (Wildman–Crippen MR) is 117 cm³/mol. The second-order valence-electron chi connectivity index (χ2n) is 8.47. The summed E-state index contributed by atoms with van der Waals surface area (Å²) >= 11 is 0. The van der Waals surface area contributed by atoms with Crippen LogP contribution < -0.4 is 20.1 Å². The van der Waals surface area contributed by atoms with Gasteiger partial charge in [-0.25, -0.2) is 23.2 Å². The summed E-state index contributed by atoms with van der Waals surface area (Å²) in [6.07, 6.45) is 8.26. The lowest BCUT2D eigenvalue weighted by Gasteiger charge is -2.17. The van der Waals surface area contributed by atoms with Gasteiger partial charge in [-0.1, -0.05) is 6.07 Å². The Kier molecular flexibility index (Phi) is 5.13. The maximum atomic E-state index is 13.2. The van der Waals surface area contributed by atoms with Crippen LogP contribution >= 0.6 is 0 Å². The first-order chi connectivity index (χ1) is 15.0. The first-order valence-corrected chi connectivity index (χ1v) is 12.4. The summed E-state index contributed by atoms with van der Waals surface area (Å²) in [5.74, 6) is 0.291. The summed E-state index contributed by atoms with van der Waals surface area (Å²) in [4.78, 5) is 13.0. The Balaban J connectivity index is 1.37. The van der Waals surface area contributed by atoms with Crippen molar-refractivity contribution >= 4 is 21.6 Å². The summed E-state index contributed by atoms with van der Waals surface area (Å²) in [5.41, 5.74) is 5.84. The van der Waals surface area contributed by atoms with Crippen molar-refractivity contribution < 1.29 is 13.7 Å². The fraction of sp³-hybridized carbons (Fsp3) is 0.524. The molecule has 0 radical (unpaired) electrons. The Morgan fingerprint density at radius 2 is 1.94 bits per heavy atom. The van der Waals surface area contributed by atoms with E-state index in [0.717, 1.165) is 50.6 Å². The molecule has 0 spiro atoms. The van der Waals surface area contributed by atoms with Crippen LogP contribution in [0.3, 0.4) is 0 Å². The molecule has 166 valence electrons. The number of likely N-dealkylation sites (N-methyl/N-ethyl adjacent to an activating group) is 1. The zero-order valence-electron chi connectivity index (χ0n) is 17.6. The quantitative estimate of drug-likeness (QED) is 0.577. The van der Waals surface area contributed by atoms with E-state index in [4.69, 9.17) is 9.52 Å². The third kappa shape index (κ3) is 3.67. The molecule has 2 aromatic rings. The van der Waals surface area contributed by atoms with E-state index < -0.39 is 15.9 Å². The van der Waals surface area contributed by atoms with Crippen LogP contribution in [0, 0.1) is 4.78 Å². The minimum atomic E-state index is -3.64. The van der Waals surface area contributed by atoms with Crippen molar-refractivity contribution in [1.82, 2.24) is 19.8 Å². The van der Waals surface area contributed by atoms with Gasteiger partial charge in [0.1, 0.15) is 11.5 Å². The fourth-order valence-electron chi connectivity index (χ4n) is 4.92. The monoisotopic (exact) mass is 444 g/mol. The van der Waals surface area contributed by atoms with E-state index in [1.54, 1.807) is 4.68 Å². The van der Waals surface area contributed by atoms with Gasteiger partial charge in [0.25, 0.3) is 0 Å². The Morgan fingerprint density at radius 3 is 2.61 bits per heavy atom. The number of fused-ring (bicyclic) bond motifs is 3. The molecular formula is C21H28N6O3S. The van der Waals surface area contributed by atoms with Crippen molar-refractivity contribution in [3.05, 3.63) is 34.5 Å². The summed E-state index contributed by atoms with van der Waals surface area (Å²) in [6.45, 7) is 0.976. The number of urea groups is 1. The summed E-state index contributed by atoms with van der Waals surface area (Å²) in [7, 11) is -1.78. The number of rotatable bonds is 4. The van der Waals surface area contributed by atoms with Crippen molar-refractivity contribution in [2.45, 2.75) is 62.4 Å². The number of amides is 2. The van der Waals surface area contributed by atoms with Crippen LogP contribution in [0.2, 0.25) is 0 Å². The predicted octanol–water partition coefficient (Wildman–Crippen LogP) is 2.37. The molecule has 0 unspecified atom stereocenters. The minimum Gasteiger partial charge on any atom is -0.475 e. The number of ether oxygens (including phenoxy) is 1. The molecule has 5 rings (SSSR count). The van der Waals surface area contributed by atoms with Crippen LogP contribution in [-0.4, -0.2) is 39.7 Å². The molecule has 0 fully saturated rings. The SMILES string of the molecule is CN[C@@H]1CCn2ncc([S@](=N)(=O)NC(=O)Nc3c4c(cc5c3CCC5)CCC4)c2OC1. The van der Waals surface area contributed by atoms with Gasteiger partial charge in [-0.3, -0.25) is 0 Å². The highest BCUT2D eigenvalue weighted by atomic mass is 32.2. The highest BCUT2D eigenvalue weighted by molar-refractivity contribution is 7.91. The smallest absolute Gasteiger partial charge is 0.331 e. The van der Waals surface area contributed by atoms with E-state index in [9.17, 15) is 9.00 Å². The van der Waals surface area contributed by atoms with Gasteiger partial charge in [-0.15, -0.1) is 0 Å². The van der Waals surface area contributed by atoms with E-state index in [-0.39, 0.29) is 10.9 Å². The van der Waals surface area contributed by atoms with Crippen LogP contribution in [0.1, 0.15) is 41.5 Å². The van der Waals surface area contributed by atoms with Crippen LogP contribution in [0.5, 0.6) is 5.88 Å². The van der Waals surface area contributed by atoms with Crippen molar-refractivity contribution in [2.24, 2.45) is 0 Å². The number of anilines is 1. The Bertz CT molecular complexity index is 1110. The second-order valence-corrected chi connectivity index (χ2v) is 10.2. The normalized spacial score (nSPS) is 21.3. The standard InChI is InChI=1S/C21H28N6O3S/c1-23-15-8-9-27-20(30-12-15)18(11-24-27)31(22,29)26-21(28)25-19-16-6-2-4-13(16)10-14-5-3-7-17(14)19/h10-11,15,23H,2-9,12H2,1H3,(H3,22,25,26,28,29)/t15-,31-/m1/s1. The molecule has 1 aromatic carbocycles. The molecule has 2 atom stereocenters. The molecule has 0 saturated carbocycles. The average Bonchev–Trinajstić information content (AvgIpc) is 3.45. The van der Waals surface area contributed by atoms with E-state index in [0.29, 0.717) is 19.0 Å². The zero-order valence-corrected chi connectivity index (χ0v) is 18.4. The van der Waals surface area contributed by atoms with Crippen molar-refractivity contribution in [1.29, 1.82) is 4.78 Å². The van der Waals surface area contributed by atoms with Gasteiger partial charge in [0.2, 0.25) is 5.88 Å². The van der Waals surface area contributed by atoms with Crippen molar-refractivity contribution in [3.63, 3.8) is 0 Å². The number of aryl methyl sites for hydroxylation is 3. The molecule has 9 nitrogen and oxygen atoms in total. The Hall–Kier alpha value is -2.59. The number of carbonyl (C=O) groups is 1. The Morgan fingerprint density at radius 1 is 1.23 bits per heavy atom. The topological polar surface area (TPSA) is 121 Å². The summed E-state index contributed by atoms with van der Waals surface area (Å²) < 4.78 is 31.4. The van der Waals surface area contributed by atoms with E-state index in [1.807, 2.05) is 7.05 Å². The molecule has 31 heavy (non-hydrogen) atoms. The maximum Gasteiger partial charge on any atom is 0.331 e. The van der Waals surface area contributed by atoms with Gasteiger partial charge in [0, 0.05) is 18.3 Å². The Labute approximate surface area is 182 Å². The van der Waals surface area contributed by atoms with Gasteiger partial charge in [0.05, 0.1) is 6.20 Å². The van der Waals surface area contributed by atoms with Crippen LogP contribution in [0.25, 0.3) is 0 Å². The molecule has 2 heterocycles. The molecule has 10 heteroatoms. The lowest BCUT2D eigenvalue weighted by Crippen LogP contribution is -2.34. The van der Waals surface area contributed by atoms with E-state index in [1.165, 1.54) is 28.5 Å². The number of nitrogens with zero attached hydrogens (tertiary/aromatic N) is 2. The molecular weight excluding hydrogens is 416 g/mol. The second kappa shape index (κ2) is 7.83. The lowest BCUT2D eigenvalue weighted by atomic mass is 9.99. The van der Waals surface area contributed by atoms with E-state index >= 15 is 0 Å². The van der Waals surface area contributed by atoms with Crippen molar-refractivity contribution in [3.8, 4) is 5.88 Å². The van der Waals surface area contributed by atoms with Crippen LogP contribution in [0.15, 0.2) is 17.2 Å². The first kappa shape index (κ1) is 20.3. The molecule has 1 aliphatic heterocycles. The number of hydrogen-bond acceptors (Lipinski definition) is 6. The molecule has 4 N–H and O–H groups in total. The molecule has 1 aromatic heterocycles. The minimum absolute atomic E-state index is 0.0999. The fourth-order valence-corrected chi connectivity index (χ4v) is 5.95. The molecule has 0 saturated heterocycles. The highest BCUT2D eigenvalue weighted by Gasteiger charge is 2.29. The third-order valence-electron chi connectivity index (χ3n) is 6.54. The summed E-state index contributed by atoms with van der Waals surface area (Å²) in [6, 6.07) is 1.81. The highest BCUT2D eigenvalue weighted by Crippen LogP contribution is 2.38. The molecule has 3 aliphatic rings. The third-order valence-corrected chi connectivity index (χ3v) is 7.91. The van der Waals surface area contributed by atoms with Crippen molar-refractivity contribution in [2.75, 3.05) is 19.0 Å². The molecule has 2 amide bonds. The average molecular weight is 445 g/mol.